The van der Waals surface area contributed by atoms with Gasteiger partial charge in [-0.2, -0.15) is 0 Å². The highest BCUT2D eigenvalue weighted by molar-refractivity contribution is 6.08. The Balaban J connectivity index is 1.67. The lowest BCUT2D eigenvalue weighted by atomic mass is 9.90. The minimum absolute atomic E-state index is 0.149. The van der Waals surface area contributed by atoms with Gasteiger partial charge in [0.05, 0.1) is 27.9 Å². The Labute approximate surface area is 210 Å². The van der Waals surface area contributed by atoms with Crippen LogP contribution < -0.4 is 24.4 Å². The molecule has 2 aliphatic rings. The van der Waals surface area contributed by atoms with E-state index in [1.807, 2.05) is 23.1 Å². The zero-order chi connectivity index (χ0) is 25.7. The van der Waals surface area contributed by atoms with Crippen molar-refractivity contribution in [3.8, 4) is 17.2 Å². The molecule has 2 aliphatic heterocycles. The maximum Gasteiger partial charge on any atom is 0.321 e. The molecule has 192 valence electrons. The van der Waals surface area contributed by atoms with Crippen LogP contribution in [-0.4, -0.2) is 81.8 Å². The van der Waals surface area contributed by atoms with Crippen LogP contribution in [0.5, 0.6) is 17.2 Å². The third kappa shape index (κ3) is 5.00. The second-order valence-corrected chi connectivity index (χ2v) is 8.24. The number of aliphatic imine (C=N–C) groups is 1. The van der Waals surface area contributed by atoms with E-state index in [4.69, 9.17) is 23.9 Å². The largest absolute Gasteiger partial charge is 0.493 e. The average molecular weight is 498 g/mol. The number of rotatable bonds is 7. The number of ether oxygens (including phenoxy) is 4. The van der Waals surface area contributed by atoms with Crippen LogP contribution in [0.4, 0.5) is 5.82 Å². The van der Waals surface area contributed by atoms with Crippen LogP contribution >= 0.6 is 0 Å². The van der Waals surface area contributed by atoms with Crippen LogP contribution in [0.25, 0.3) is 0 Å². The molecule has 1 saturated heterocycles. The van der Waals surface area contributed by atoms with E-state index in [9.17, 15) is 9.59 Å². The summed E-state index contributed by atoms with van der Waals surface area (Å²) in [5.41, 5.74) is 0.571. The van der Waals surface area contributed by atoms with Crippen molar-refractivity contribution >= 4 is 23.7 Å². The van der Waals surface area contributed by atoms with Crippen LogP contribution in [0.3, 0.4) is 0 Å². The Morgan fingerprint density at radius 1 is 1.03 bits per heavy atom. The van der Waals surface area contributed by atoms with E-state index in [1.165, 1.54) is 21.3 Å². The number of methoxy groups -OCH3 is 3. The highest BCUT2D eigenvalue weighted by Crippen LogP contribution is 2.42. The molecule has 1 fully saturated rings. The minimum Gasteiger partial charge on any atom is -0.493 e. The lowest BCUT2D eigenvalue weighted by Gasteiger charge is -2.39. The predicted molar refractivity (Wildman–Crippen MR) is 133 cm³/mol. The van der Waals surface area contributed by atoms with Crippen LogP contribution in [0.15, 0.2) is 41.5 Å². The van der Waals surface area contributed by atoms with Crippen molar-refractivity contribution in [1.29, 1.82) is 0 Å². The zero-order valence-corrected chi connectivity index (χ0v) is 20.9. The monoisotopic (exact) mass is 497 g/mol. The summed E-state index contributed by atoms with van der Waals surface area (Å²) >= 11 is 0. The number of carbonyl (C=O) groups is 2. The minimum atomic E-state index is -1.16. The fraction of sp³-hybridized carbons (Fsp3) is 0.440. The normalized spacial score (nSPS) is 19.8. The summed E-state index contributed by atoms with van der Waals surface area (Å²) in [6, 6.07) is 8.39. The third-order valence-corrected chi connectivity index (χ3v) is 6.22. The zero-order valence-electron chi connectivity index (χ0n) is 20.9. The van der Waals surface area contributed by atoms with Gasteiger partial charge in [0.15, 0.2) is 17.4 Å². The summed E-state index contributed by atoms with van der Waals surface area (Å²) in [6.07, 6.45) is 1.77. The van der Waals surface area contributed by atoms with Crippen molar-refractivity contribution in [3.05, 3.63) is 42.1 Å². The Morgan fingerprint density at radius 2 is 1.69 bits per heavy atom. The standard InChI is InChI=1S/C25H31N5O6/c1-5-36-24(32)20-21(16-14-17(33-2)22(35-4)18(15-16)34-3)27-25(28-23(20)31)30-12-10-29(11-13-30)19-8-6-7-9-26-19/h6-9,14-15,20-21H,5,10-13H2,1-4H3,(H,27,28,31)/t20-,21-/m0/s1. The van der Waals surface area contributed by atoms with E-state index in [-0.39, 0.29) is 6.61 Å². The number of amides is 1. The molecule has 11 nitrogen and oxygen atoms in total. The molecule has 2 atom stereocenters. The first-order chi connectivity index (χ1) is 17.5. The lowest BCUT2D eigenvalue weighted by molar-refractivity contribution is -0.153. The number of anilines is 1. The van der Waals surface area contributed by atoms with Gasteiger partial charge in [-0.15, -0.1) is 0 Å². The van der Waals surface area contributed by atoms with Crippen molar-refractivity contribution in [2.24, 2.45) is 10.9 Å². The van der Waals surface area contributed by atoms with Gasteiger partial charge in [0.25, 0.3) is 0 Å². The fourth-order valence-corrected chi connectivity index (χ4v) is 4.43. The molecule has 0 spiro atoms. The molecule has 1 aromatic heterocycles. The van der Waals surface area contributed by atoms with Crippen molar-refractivity contribution in [2.45, 2.75) is 13.0 Å². The highest BCUT2D eigenvalue weighted by atomic mass is 16.5. The molecule has 1 amide bonds. The first kappa shape index (κ1) is 25.1. The van der Waals surface area contributed by atoms with Crippen LogP contribution in [0.1, 0.15) is 18.5 Å². The van der Waals surface area contributed by atoms with E-state index in [0.29, 0.717) is 55.0 Å². The summed E-state index contributed by atoms with van der Waals surface area (Å²) in [5.74, 6) is 0.269. The van der Waals surface area contributed by atoms with Crippen LogP contribution in [0.2, 0.25) is 0 Å². The number of guanidine groups is 1. The fourth-order valence-electron chi connectivity index (χ4n) is 4.43. The van der Waals surface area contributed by atoms with Gasteiger partial charge in [-0.05, 0) is 36.8 Å². The average Bonchev–Trinajstić information content (AvgIpc) is 2.92. The highest BCUT2D eigenvalue weighted by Gasteiger charge is 2.43. The quantitative estimate of drug-likeness (QED) is 0.450. The molecule has 11 heteroatoms. The van der Waals surface area contributed by atoms with Crippen molar-refractivity contribution in [3.63, 3.8) is 0 Å². The molecule has 2 aromatic rings. The molecule has 1 N–H and O–H groups in total. The molecule has 0 unspecified atom stereocenters. The first-order valence-electron chi connectivity index (χ1n) is 11.8. The predicted octanol–water partition coefficient (Wildman–Crippen LogP) is 1.64. The number of pyridine rings is 1. The molecule has 0 saturated carbocycles. The number of benzene rings is 1. The SMILES string of the molecule is CCOC(=O)[C@@H]1C(=O)NC(N2CCN(c3ccccn3)CC2)=N[C@H]1c1cc(OC)c(OC)c(OC)c1. The van der Waals surface area contributed by atoms with Crippen LogP contribution in [-0.2, 0) is 14.3 Å². The van der Waals surface area contributed by atoms with Gasteiger partial charge in [0.1, 0.15) is 11.9 Å². The van der Waals surface area contributed by atoms with Crippen molar-refractivity contribution in [1.82, 2.24) is 15.2 Å². The van der Waals surface area contributed by atoms with Crippen molar-refractivity contribution in [2.75, 3.05) is 59.0 Å². The number of hydrogen-bond donors (Lipinski definition) is 1. The van der Waals surface area contributed by atoms with E-state index < -0.39 is 23.8 Å². The number of carbonyl (C=O) groups excluding carboxylic acids is 2. The molecule has 0 aliphatic carbocycles. The van der Waals surface area contributed by atoms with Gasteiger partial charge >= 0.3 is 5.97 Å². The summed E-state index contributed by atoms with van der Waals surface area (Å²) in [6.45, 7) is 4.52. The third-order valence-electron chi connectivity index (χ3n) is 6.22. The number of aromatic nitrogens is 1. The topological polar surface area (TPSA) is 115 Å². The van der Waals surface area contributed by atoms with Crippen LogP contribution in [0, 0.1) is 5.92 Å². The van der Waals surface area contributed by atoms with Gasteiger partial charge in [-0.1, -0.05) is 6.07 Å². The Kier molecular flexibility index (Phi) is 7.77. The number of nitrogens with zero attached hydrogens (tertiary/aromatic N) is 4. The summed E-state index contributed by atoms with van der Waals surface area (Å²) < 4.78 is 21.6. The number of nitrogens with one attached hydrogen (secondary N) is 1. The Morgan fingerprint density at radius 3 is 2.25 bits per heavy atom. The molecule has 0 radical (unpaired) electrons. The van der Waals surface area contributed by atoms with E-state index in [1.54, 1.807) is 25.3 Å². The summed E-state index contributed by atoms with van der Waals surface area (Å²) in [4.78, 5) is 39.5. The summed E-state index contributed by atoms with van der Waals surface area (Å²) in [5, 5.41) is 2.82. The van der Waals surface area contributed by atoms with Gasteiger partial charge in [-0.25, -0.2) is 9.98 Å². The second kappa shape index (κ2) is 11.1. The van der Waals surface area contributed by atoms with Gasteiger partial charge in [0.2, 0.25) is 17.6 Å². The van der Waals surface area contributed by atoms with Crippen molar-refractivity contribution < 1.29 is 28.5 Å². The Bertz CT molecular complexity index is 1090. The molecular formula is C25H31N5O6. The van der Waals surface area contributed by atoms with Gasteiger partial charge < -0.3 is 28.7 Å². The molecule has 1 aromatic carbocycles. The maximum absolute atomic E-state index is 13.2. The lowest BCUT2D eigenvalue weighted by Crippen LogP contribution is -2.57. The van der Waals surface area contributed by atoms with Gasteiger partial charge in [0, 0.05) is 32.4 Å². The first-order valence-corrected chi connectivity index (χ1v) is 11.8. The molecule has 0 bridgehead atoms. The number of esters is 1. The molecule has 4 rings (SSSR count). The van der Waals surface area contributed by atoms with E-state index in [0.717, 1.165) is 5.82 Å². The van der Waals surface area contributed by atoms with Gasteiger partial charge in [-0.3, -0.25) is 14.9 Å². The van der Waals surface area contributed by atoms with E-state index in [2.05, 4.69) is 15.2 Å². The molecule has 36 heavy (non-hydrogen) atoms. The second-order valence-electron chi connectivity index (χ2n) is 8.24. The molecule has 3 heterocycles. The number of piperazine rings is 1. The van der Waals surface area contributed by atoms with E-state index >= 15 is 0 Å². The maximum atomic E-state index is 13.2. The molecular weight excluding hydrogens is 466 g/mol. The Hall–Kier alpha value is -4.02. The summed E-state index contributed by atoms with van der Waals surface area (Å²) in [7, 11) is 4.52. The smallest absolute Gasteiger partial charge is 0.321 e. The number of hydrogen-bond acceptors (Lipinski definition) is 10.